The van der Waals surface area contributed by atoms with Crippen LogP contribution in [0.2, 0.25) is 0 Å². The Morgan fingerprint density at radius 2 is 2.12 bits per heavy atom. The van der Waals surface area contributed by atoms with Crippen LogP contribution in [0, 0.1) is 0 Å². The van der Waals surface area contributed by atoms with Crippen molar-refractivity contribution in [3.8, 4) is 0 Å². The minimum Gasteiger partial charge on any atom is -0.395 e. The van der Waals surface area contributed by atoms with Crippen LogP contribution in [0.3, 0.4) is 0 Å². The van der Waals surface area contributed by atoms with Crippen molar-refractivity contribution in [2.45, 2.75) is 6.54 Å². The number of halogens is 1. The number of benzene rings is 1. The van der Waals surface area contributed by atoms with Crippen molar-refractivity contribution in [2.24, 2.45) is 0 Å². The highest BCUT2D eigenvalue weighted by atomic mass is 79.9. The van der Waals surface area contributed by atoms with Crippen LogP contribution in [0.5, 0.6) is 0 Å². The lowest BCUT2D eigenvalue weighted by atomic mass is 10.2. The van der Waals surface area contributed by atoms with Crippen molar-refractivity contribution in [1.29, 1.82) is 0 Å². The molecule has 1 heterocycles. The van der Waals surface area contributed by atoms with Gasteiger partial charge in [-0.1, -0.05) is 15.9 Å². The fraction of sp³-hybridized carbons (Fsp3) is 0.200. The molecule has 0 aliphatic carbocycles. The van der Waals surface area contributed by atoms with E-state index in [2.05, 4.69) is 20.9 Å². The van der Waals surface area contributed by atoms with Crippen LogP contribution < -0.4 is 11.2 Å². The van der Waals surface area contributed by atoms with Crippen molar-refractivity contribution in [1.82, 2.24) is 9.55 Å². The Hall–Kier alpha value is -1.40. The summed E-state index contributed by atoms with van der Waals surface area (Å²) in [5.74, 6) is 0. The first-order valence-corrected chi connectivity index (χ1v) is 5.46. The molecular formula is C10H9BrN2O3. The SMILES string of the molecule is O=c1[nH]c2cc(Br)ccc2c(=O)n1CCO. The minimum atomic E-state index is -0.510. The Balaban J connectivity index is 2.84. The van der Waals surface area contributed by atoms with E-state index in [1.54, 1.807) is 18.2 Å². The zero-order chi connectivity index (χ0) is 11.7. The summed E-state index contributed by atoms with van der Waals surface area (Å²) in [6.07, 6.45) is 0. The van der Waals surface area contributed by atoms with Crippen molar-refractivity contribution >= 4 is 26.8 Å². The molecule has 0 atom stereocenters. The predicted octanol–water partition coefficient (Wildman–Crippen LogP) is 0.445. The fourth-order valence-electron chi connectivity index (χ4n) is 1.53. The lowest BCUT2D eigenvalue weighted by Crippen LogP contribution is -2.35. The first-order chi connectivity index (χ1) is 7.63. The Labute approximate surface area is 98.5 Å². The van der Waals surface area contributed by atoms with E-state index >= 15 is 0 Å². The first kappa shape index (κ1) is 11.1. The molecular weight excluding hydrogens is 276 g/mol. The number of aromatic amines is 1. The van der Waals surface area contributed by atoms with Crippen molar-refractivity contribution in [3.05, 3.63) is 43.5 Å². The van der Waals surface area contributed by atoms with Crippen LogP contribution in [0.4, 0.5) is 0 Å². The number of fused-ring (bicyclic) bond motifs is 1. The average molecular weight is 285 g/mol. The third-order valence-corrected chi connectivity index (χ3v) is 2.76. The van der Waals surface area contributed by atoms with E-state index in [0.29, 0.717) is 10.9 Å². The highest BCUT2D eigenvalue weighted by Crippen LogP contribution is 2.13. The standard InChI is InChI=1S/C10H9BrN2O3/c11-6-1-2-7-8(5-6)12-10(16)13(3-4-14)9(7)15/h1-2,5,14H,3-4H2,(H,12,16). The summed E-state index contributed by atoms with van der Waals surface area (Å²) < 4.78 is 1.77. The molecule has 2 aromatic rings. The molecule has 0 aliphatic heterocycles. The van der Waals surface area contributed by atoms with E-state index in [9.17, 15) is 9.59 Å². The van der Waals surface area contributed by atoms with E-state index < -0.39 is 5.69 Å². The summed E-state index contributed by atoms with van der Waals surface area (Å²) >= 11 is 3.26. The summed E-state index contributed by atoms with van der Waals surface area (Å²) in [6, 6.07) is 5.03. The van der Waals surface area contributed by atoms with Gasteiger partial charge in [-0.3, -0.25) is 9.36 Å². The van der Waals surface area contributed by atoms with Gasteiger partial charge in [-0.2, -0.15) is 0 Å². The summed E-state index contributed by atoms with van der Waals surface area (Å²) in [7, 11) is 0. The molecule has 0 unspecified atom stereocenters. The van der Waals surface area contributed by atoms with E-state index in [-0.39, 0.29) is 18.7 Å². The number of hydrogen-bond donors (Lipinski definition) is 2. The van der Waals surface area contributed by atoms with Crippen LogP contribution in [0.25, 0.3) is 10.9 Å². The van der Waals surface area contributed by atoms with E-state index in [4.69, 9.17) is 5.11 Å². The number of aliphatic hydroxyl groups is 1. The van der Waals surface area contributed by atoms with Gasteiger partial charge in [0.2, 0.25) is 0 Å². The molecule has 1 aromatic carbocycles. The molecule has 0 bridgehead atoms. The fourth-order valence-corrected chi connectivity index (χ4v) is 1.89. The van der Waals surface area contributed by atoms with Crippen molar-refractivity contribution < 1.29 is 5.11 Å². The second kappa shape index (κ2) is 4.23. The zero-order valence-electron chi connectivity index (χ0n) is 8.24. The molecule has 16 heavy (non-hydrogen) atoms. The van der Waals surface area contributed by atoms with E-state index in [1.807, 2.05) is 0 Å². The molecule has 0 saturated carbocycles. The first-order valence-electron chi connectivity index (χ1n) is 4.66. The number of hydrogen-bond acceptors (Lipinski definition) is 3. The molecule has 0 amide bonds. The van der Waals surface area contributed by atoms with Gasteiger partial charge in [0.25, 0.3) is 5.56 Å². The van der Waals surface area contributed by atoms with Gasteiger partial charge >= 0.3 is 5.69 Å². The highest BCUT2D eigenvalue weighted by Gasteiger charge is 2.06. The quantitative estimate of drug-likeness (QED) is 0.841. The molecule has 5 nitrogen and oxygen atoms in total. The van der Waals surface area contributed by atoms with Gasteiger partial charge in [0.15, 0.2) is 0 Å². The van der Waals surface area contributed by atoms with Crippen LogP contribution in [0.1, 0.15) is 0 Å². The van der Waals surface area contributed by atoms with Gasteiger partial charge in [0.05, 0.1) is 24.1 Å². The molecule has 1 aromatic heterocycles. The number of rotatable bonds is 2. The lowest BCUT2D eigenvalue weighted by Gasteiger charge is -2.04. The molecule has 0 aliphatic rings. The van der Waals surface area contributed by atoms with Gasteiger partial charge < -0.3 is 10.1 Å². The molecule has 0 fully saturated rings. The van der Waals surface area contributed by atoms with Crippen LogP contribution >= 0.6 is 15.9 Å². The maximum Gasteiger partial charge on any atom is 0.328 e. The van der Waals surface area contributed by atoms with Gasteiger partial charge in [0.1, 0.15) is 0 Å². The average Bonchev–Trinajstić information content (AvgIpc) is 2.23. The molecule has 2 rings (SSSR count). The maximum atomic E-state index is 11.9. The van der Waals surface area contributed by atoms with Gasteiger partial charge in [-0.05, 0) is 18.2 Å². The Morgan fingerprint density at radius 1 is 1.38 bits per heavy atom. The molecule has 0 spiro atoms. The topological polar surface area (TPSA) is 75.1 Å². The number of aromatic nitrogens is 2. The van der Waals surface area contributed by atoms with Gasteiger partial charge in [-0.15, -0.1) is 0 Å². The molecule has 0 radical (unpaired) electrons. The summed E-state index contributed by atoms with van der Waals surface area (Å²) in [5.41, 5.74) is -0.413. The van der Waals surface area contributed by atoms with E-state index in [1.165, 1.54) is 0 Å². The van der Waals surface area contributed by atoms with Crippen molar-refractivity contribution in [3.63, 3.8) is 0 Å². The molecule has 84 valence electrons. The summed E-state index contributed by atoms with van der Waals surface area (Å²) in [5, 5.41) is 9.19. The largest absolute Gasteiger partial charge is 0.395 e. The monoisotopic (exact) mass is 284 g/mol. The Bertz CT molecular complexity index is 645. The van der Waals surface area contributed by atoms with Crippen LogP contribution in [-0.2, 0) is 6.54 Å². The van der Waals surface area contributed by atoms with Gasteiger partial charge in [-0.25, -0.2) is 4.79 Å². The highest BCUT2D eigenvalue weighted by molar-refractivity contribution is 9.10. The van der Waals surface area contributed by atoms with Crippen LogP contribution in [-0.4, -0.2) is 21.3 Å². The Morgan fingerprint density at radius 3 is 2.81 bits per heavy atom. The zero-order valence-corrected chi connectivity index (χ0v) is 9.82. The summed E-state index contributed by atoms with van der Waals surface area (Å²) in [6.45, 7) is -0.245. The number of aliphatic hydroxyl groups excluding tert-OH is 1. The van der Waals surface area contributed by atoms with E-state index in [0.717, 1.165) is 9.04 Å². The minimum absolute atomic E-state index is 0.000169. The summed E-state index contributed by atoms with van der Waals surface area (Å²) in [4.78, 5) is 26.0. The maximum absolute atomic E-state index is 11.9. The number of nitrogens with one attached hydrogen (secondary N) is 1. The number of nitrogens with zero attached hydrogens (tertiary/aromatic N) is 1. The normalized spacial score (nSPS) is 10.9. The Kier molecular flexibility index (Phi) is 2.93. The van der Waals surface area contributed by atoms with Gasteiger partial charge in [0, 0.05) is 4.47 Å². The lowest BCUT2D eigenvalue weighted by molar-refractivity contribution is 0.272. The second-order valence-electron chi connectivity index (χ2n) is 3.30. The molecule has 6 heteroatoms. The van der Waals surface area contributed by atoms with Crippen molar-refractivity contribution in [2.75, 3.05) is 6.61 Å². The predicted molar refractivity (Wildman–Crippen MR) is 63.6 cm³/mol. The smallest absolute Gasteiger partial charge is 0.328 e. The third-order valence-electron chi connectivity index (χ3n) is 2.27. The molecule has 0 saturated heterocycles. The third kappa shape index (κ3) is 1.81. The number of H-pyrrole nitrogens is 1. The van der Waals surface area contributed by atoms with Crippen LogP contribution in [0.15, 0.2) is 32.3 Å². The molecule has 2 N–H and O–H groups in total. The second-order valence-corrected chi connectivity index (χ2v) is 4.22.